The summed E-state index contributed by atoms with van der Waals surface area (Å²) in [6.07, 6.45) is 0. The summed E-state index contributed by atoms with van der Waals surface area (Å²) in [7, 11) is 3.17. The molecular weight excluding hydrogens is 231 g/mol. The smallest absolute Gasteiger partial charge is 0.247 e. The number of thioether (sulfide) groups is 1. The van der Waals surface area contributed by atoms with Gasteiger partial charge in [0.25, 0.3) is 0 Å². The second-order valence-electron chi connectivity index (χ2n) is 1.79. The highest BCUT2D eigenvalue weighted by molar-refractivity contribution is 8.69. The minimum Gasteiger partial charge on any atom is -0.325 e. The van der Waals surface area contributed by atoms with E-state index in [0.717, 1.165) is 0 Å². The molecular formula is C6H13O2PS3. The van der Waals surface area contributed by atoms with Gasteiger partial charge in [0.1, 0.15) is 0 Å². The Balaban J connectivity index is 4.02. The van der Waals surface area contributed by atoms with Crippen LogP contribution in [-0.2, 0) is 20.9 Å². The Labute approximate surface area is 87.4 Å². The monoisotopic (exact) mass is 244 g/mol. The molecule has 0 fully saturated rings. The van der Waals surface area contributed by atoms with Crippen molar-refractivity contribution in [2.75, 3.05) is 14.2 Å². The highest BCUT2D eigenvalue weighted by Gasteiger charge is 2.19. The van der Waals surface area contributed by atoms with Gasteiger partial charge in [-0.1, -0.05) is 18.0 Å². The quantitative estimate of drug-likeness (QED) is 0.524. The zero-order valence-corrected chi connectivity index (χ0v) is 10.7. The molecule has 0 aliphatic carbocycles. The van der Waals surface area contributed by atoms with Crippen molar-refractivity contribution in [3.8, 4) is 0 Å². The largest absolute Gasteiger partial charge is 0.325 e. The van der Waals surface area contributed by atoms with Crippen LogP contribution in [0.1, 0.15) is 6.92 Å². The third-order valence-electron chi connectivity index (χ3n) is 1.01. The predicted molar refractivity (Wildman–Crippen MR) is 63.1 cm³/mol. The molecule has 0 saturated carbocycles. The third kappa shape index (κ3) is 4.90. The van der Waals surface area contributed by atoms with Gasteiger partial charge in [0.05, 0.1) is 4.58 Å². The van der Waals surface area contributed by atoms with E-state index in [4.69, 9.17) is 20.9 Å². The predicted octanol–water partition coefficient (Wildman–Crippen LogP) is 3.46. The molecule has 0 saturated heterocycles. The maximum atomic E-state index is 5.18. The first-order valence-corrected chi connectivity index (χ1v) is 8.31. The van der Waals surface area contributed by atoms with Crippen LogP contribution in [-0.4, -0.2) is 18.8 Å². The van der Waals surface area contributed by atoms with Crippen molar-refractivity contribution in [2.45, 2.75) is 11.5 Å². The second-order valence-corrected chi connectivity index (χ2v) is 10.2. The lowest BCUT2D eigenvalue weighted by molar-refractivity contribution is 0.354. The van der Waals surface area contributed by atoms with Crippen molar-refractivity contribution in [3.05, 3.63) is 12.0 Å². The molecule has 1 atom stereocenters. The third-order valence-corrected chi connectivity index (χ3v) is 8.37. The van der Waals surface area contributed by atoms with E-state index in [0.29, 0.717) is 4.58 Å². The van der Waals surface area contributed by atoms with Crippen molar-refractivity contribution >= 4 is 40.6 Å². The van der Waals surface area contributed by atoms with Crippen molar-refractivity contribution < 1.29 is 9.05 Å². The highest BCUT2D eigenvalue weighted by Crippen LogP contribution is 2.62. The van der Waals surface area contributed by atoms with Crippen LogP contribution in [0.25, 0.3) is 0 Å². The summed E-state index contributed by atoms with van der Waals surface area (Å²) in [5.41, 5.74) is -2.09. The number of hydrogen-bond donors (Lipinski definition) is 0. The molecule has 0 aliphatic heterocycles. The van der Waals surface area contributed by atoms with Gasteiger partial charge in [-0.25, -0.2) is 0 Å². The summed E-state index contributed by atoms with van der Waals surface area (Å²) >= 11 is 8.34. The minimum atomic E-state index is -2.09. The van der Waals surface area contributed by atoms with Crippen molar-refractivity contribution in [3.63, 3.8) is 0 Å². The van der Waals surface area contributed by atoms with E-state index in [2.05, 4.69) is 13.5 Å². The van der Waals surface area contributed by atoms with Gasteiger partial charge in [-0.05, 0) is 24.1 Å². The number of rotatable bonds is 6. The van der Waals surface area contributed by atoms with E-state index in [1.807, 2.05) is 0 Å². The van der Waals surface area contributed by atoms with E-state index in [1.54, 1.807) is 42.8 Å². The fourth-order valence-electron chi connectivity index (χ4n) is 0.503. The van der Waals surface area contributed by atoms with Crippen molar-refractivity contribution in [2.24, 2.45) is 0 Å². The molecule has 0 amide bonds. The zero-order valence-electron chi connectivity index (χ0n) is 7.35. The molecule has 0 N–H and O–H groups in total. The zero-order chi connectivity index (χ0) is 9.61. The van der Waals surface area contributed by atoms with Crippen LogP contribution < -0.4 is 0 Å². The van der Waals surface area contributed by atoms with Crippen LogP contribution >= 0.6 is 28.8 Å². The average molecular weight is 244 g/mol. The lowest BCUT2D eigenvalue weighted by Crippen LogP contribution is -1.90. The Morgan fingerprint density at radius 2 is 2.00 bits per heavy atom. The highest BCUT2D eigenvalue weighted by atomic mass is 32.9. The Kier molecular flexibility index (Phi) is 7.01. The molecule has 72 valence electrons. The summed E-state index contributed by atoms with van der Waals surface area (Å²) in [6, 6.07) is 0. The molecule has 0 heterocycles. The summed E-state index contributed by atoms with van der Waals surface area (Å²) in [5, 5.41) is 1.79. The van der Waals surface area contributed by atoms with Gasteiger partial charge in [0.15, 0.2) is 0 Å². The molecule has 1 unspecified atom stereocenters. The van der Waals surface area contributed by atoms with E-state index in [1.165, 1.54) is 0 Å². The van der Waals surface area contributed by atoms with Crippen LogP contribution in [0, 0.1) is 0 Å². The second kappa shape index (κ2) is 6.46. The Hall–Kier alpha value is 1.01. The topological polar surface area (TPSA) is 18.5 Å². The Bertz CT molecular complexity index is 178. The average Bonchev–Trinajstić information content (AvgIpc) is 2.05. The molecule has 6 heteroatoms. The van der Waals surface area contributed by atoms with Gasteiger partial charge >= 0.3 is 0 Å². The molecule has 0 spiro atoms. The maximum Gasteiger partial charge on any atom is 0.247 e. The van der Waals surface area contributed by atoms with Crippen LogP contribution in [0.15, 0.2) is 12.0 Å². The van der Waals surface area contributed by atoms with Gasteiger partial charge < -0.3 is 9.05 Å². The molecule has 12 heavy (non-hydrogen) atoms. The molecule has 0 aromatic rings. The summed E-state index contributed by atoms with van der Waals surface area (Å²) in [4.78, 5) is 0. The SMILES string of the molecule is C=CSC(C)SP(=S)(OC)OC. The molecule has 0 aromatic carbocycles. The van der Waals surface area contributed by atoms with Gasteiger partial charge in [-0.15, -0.1) is 11.8 Å². The molecule has 0 rings (SSSR count). The van der Waals surface area contributed by atoms with E-state index >= 15 is 0 Å². The first-order valence-electron chi connectivity index (χ1n) is 3.24. The molecule has 0 aromatic heterocycles. The van der Waals surface area contributed by atoms with Gasteiger partial charge in [-0.3, -0.25) is 0 Å². The first kappa shape index (κ1) is 13.0. The van der Waals surface area contributed by atoms with Gasteiger partial charge in [0, 0.05) is 14.2 Å². The van der Waals surface area contributed by atoms with Crippen LogP contribution in [0.4, 0.5) is 0 Å². The molecule has 0 aliphatic rings. The fourth-order valence-corrected chi connectivity index (χ4v) is 6.62. The minimum absolute atomic E-state index is 0.327. The lowest BCUT2D eigenvalue weighted by atomic mass is 11.0. The summed E-state index contributed by atoms with van der Waals surface area (Å²) in [6.45, 7) is 5.68. The van der Waals surface area contributed by atoms with Gasteiger partial charge in [0.2, 0.25) is 5.69 Å². The Morgan fingerprint density at radius 3 is 2.33 bits per heavy atom. The Morgan fingerprint density at radius 1 is 1.50 bits per heavy atom. The van der Waals surface area contributed by atoms with E-state index in [9.17, 15) is 0 Å². The number of hydrogen-bond acceptors (Lipinski definition) is 5. The molecule has 0 radical (unpaired) electrons. The molecule has 0 bridgehead atoms. The van der Waals surface area contributed by atoms with Crippen LogP contribution in [0.3, 0.4) is 0 Å². The lowest BCUT2D eigenvalue weighted by Gasteiger charge is -2.19. The van der Waals surface area contributed by atoms with Gasteiger partial charge in [-0.2, -0.15) is 0 Å². The normalized spacial score (nSPS) is 14.2. The van der Waals surface area contributed by atoms with E-state index in [-0.39, 0.29) is 0 Å². The van der Waals surface area contributed by atoms with Crippen molar-refractivity contribution in [1.82, 2.24) is 0 Å². The summed E-state index contributed by atoms with van der Waals surface area (Å²) in [5.74, 6) is 0. The maximum absolute atomic E-state index is 5.18. The summed E-state index contributed by atoms with van der Waals surface area (Å²) < 4.78 is 10.6. The standard InChI is InChI=1S/C6H13O2PS3/c1-5-11-6(2)12-9(10,7-3)8-4/h5-6H,1H2,2-4H3. The molecule has 2 nitrogen and oxygen atoms in total. The van der Waals surface area contributed by atoms with E-state index < -0.39 is 5.69 Å². The van der Waals surface area contributed by atoms with Crippen LogP contribution in [0.2, 0.25) is 0 Å². The first-order chi connectivity index (χ1) is 5.58. The van der Waals surface area contributed by atoms with Crippen LogP contribution in [0.5, 0.6) is 0 Å². The fraction of sp³-hybridized carbons (Fsp3) is 0.667. The van der Waals surface area contributed by atoms with Crippen molar-refractivity contribution in [1.29, 1.82) is 0 Å².